The maximum atomic E-state index is 13.4. The first-order chi connectivity index (χ1) is 17.9. The van der Waals surface area contributed by atoms with Gasteiger partial charge in [-0.3, -0.25) is 14.4 Å². The average molecular weight is 518 g/mol. The molecule has 1 N–H and O–H groups in total. The predicted molar refractivity (Wildman–Crippen MR) is 141 cm³/mol. The minimum absolute atomic E-state index is 0.0169. The van der Waals surface area contributed by atoms with E-state index in [9.17, 15) is 18.8 Å². The summed E-state index contributed by atoms with van der Waals surface area (Å²) in [5, 5.41) is 2.66. The third-order valence-corrected chi connectivity index (χ3v) is 7.29. The highest BCUT2D eigenvalue weighted by Gasteiger charge is 2.47. The molecule has 1 amide bonds. The molecule has 0 atom stereocenters. The fourth-order valence-corrected chi connectivity index (χ4v) is 5.64. The summed E-state index contributed by atoms with van der Waals surface area (Å²) >= 11 is 0. The third kappa shape index (κ3) is 5.28. The molecule has 2 aliphatic carbocycles. The normalized spacial score (nSPS) is 20.4. The van der Waals surface area contributed by atoms with E-state index in [0.717, 1.165) is 5.56 Å². The summed E-state index contributed by atoms with van der Waals surface area (Å²) in [6, 6.07) is 12.7. The number of carbonyl (C=O) groups is 3. The number of amides is 1. The van der Waals surface area contributed by atoms with Crippen molar-refractivity contribution in [2.75, 3.05) is 11.9 Å². The molecule has 2 aromatic carbocycles. The van der Waals surface area contributed by atoms with Crippen molar-refractivity contribution in [2.45, 2.75) is 59.3 Å². The van der Waals surface area contributed by atoms with Gasteiger partial charge in [-0.2, -0.15) is 0 Å². The molecule has 38 heavy (non-hydrogen) atoms. The molecule has 6 nitrogen and oxygen atoms in total. The van der Waals surface area contributed by atoms with Crippen molar-refractivity contribution < 1.29 is 28.2 Å². The number of benzene rings is 2. The second-order valence-corrected chi connectivity index (χ2v) is 12.0. The number of ketones is 2. The standard InChI is InChI=1S/C31H32FNO5/c1-30(2)13-22(34)28-24(15-30)38-25-16-31(3,4)14-23(35)29(25)27(28)18-5-11-21(12-6-18)37-17-26(36)33-20-9-7-19(32)8-10-20/h5-12,27H,13-17H2,1-4H3,(H,33,36). The summed E-state index contributed by atoms with van der Waals surface area (Å²) in [5.74, 6) is 0.637. The molecule has 0 fully saturated rings. The molecular formula is C31H32FNO5. The molecule has 0 spiro atoms. The van der Waals surface area contributed by atoms with Gasteiger partial charge in [0.1, 0.15) is 23.1 Å². The third-order valence-electron chi connectivity index (χ3n) is 7.29. The lowest BCUT2D eigenvalue weighted by atomic mass is 9.65. The summed E-state index contributed by atoms with van der Waals surface area (Å²) in [6.07, 6.45) is 2.08. The van der Waals surface area contributed by atoms with Crippen LogP contribution in [-0.4, -0.2) is 24.1 Å². The van der Waals surface area contributed by atoms with Crippen molar-refractivity contribution in [2.24, 2.45) is 10.8 Å². The fraction of sp³-hybridized carbons (Fsp3) is 0.387. The van der Waals surface area contributed by atoms with Crippen molar-refractivity contribution in [1.29, 1.82) is 0 Å². The Balaban J connectivity index is 1.39. The van der Waals surface area contributed by atoms with Gasteiger partial charge in [0.25, 0.3) is 5.91 Å². The van der Waals surface area contributed by atoms with Gasteiger partial charge in [0.15, 0.2) is 18.2 Å². The van der Waals surface area contributed by atoms with E-state index < -0.39 is 5.92 Å². The number of hydrogen-bond acceptors (Lipinski definition) is 5. The number of carbonyl (C=O) groups excluding carboxylic acids is 3. The Bertz CT molecular complexity index is 1310. The largest absolute Gasteiger partial charge is 0.484 e. The average Bonchev–Trinajstić information content (AvgIpc) is 2.81. The van der Waals surface area contributed by atoms with Crippen LogP contribution in [0.3, 0.4) is 0 Å². The molecule has 0 aromatic heterocycles. The zero-order valence-corrected chi connectivity index (χ0v) is 22.2. The highest BCUT2D eigenvalue weighted by Crippen LogP contribution is 2.53. The molecule has 0 saturated carbocycles. The Morgan fingerprint density at radius 2 is 1.39 bits per heavy atom. The van der Waals surface area contributed by atoms with Gasteiger partial charge in [0, 0.05) is 48.4 Å². The van der Waals surface area contributed by atoms with Gasteiger partial charge in [0.05, 0.1) is 0 Å². The molecule has 198 valence electrons. The number of nitrogens with one attached hydrogen (secondary N) is 1. The van der Waals surface area contributed by atoms with Crippen molar-refractivity contribution >= 4 is 23.2 Å². The monoisotopic (exact) mass is 517 g/mol. The quantitative estimate of drug-likeness (QED) is 0.508. The Labute approximate surface area is 221 Å². The van der Waals surface area contributed by atoms with Gasteiger partial charge in [-0.25, -0.2) is 4.39 Å². The van der Waals surface area contributed by atoms with Crippen LogP contribution in [-0.2, 0) is 19.1 Å². The molecule has 7 heteroatoms. The fourth-order valence-electron chi connectivity index (χ4n) is 5.64. The van der Waals surface area contributed by atoms with E-state index in [1.54, 1.807) is 12.1 Å². The van der Waals surface area contributed by atoms with Gasteiger partial charge >= 0.3 is 0 Å². The zero-order chi connectivity index (χ0) is 27.2. The minimum Gasteiger partial charge on any atom is -0.484 e. The minimum atomic E-state index is -0.475. The molecule has 1 heterocycles. The van der Waals surface area contributed by atoms with Crippen LogP contribution in [0.2, 0.25) is 0 Å². The molecule has 1 aliphatic heterocycles. The summed E-state index contributed by atoms with van der Waals surface area (Å²) in [6.45, 7) is 8.02. The Morgan fingerprint density at radius 1 is 0.868 bits per heavy atom. The Kier molecular flexibility index (Phi) is 6.49. The number of hydrogen-bond donors (Lipinski definition) is 1. The Morgan fingerprint density at radius 3 is 1.92 bits per heavy atom. The molecule has 2 aromatic rings. The molecule has 3 aliphatic rings. The van der Waals surface area contributed by atoms with Gasteiger partial charge in [-0.05, 0) is 52.8 Å². The SMILES string of the molecule is CC1(C)CC(=O)C2=C(C1)OC1=C(C(=O)CC(C)(C)C1)C2c1ccc(OCC(=O)Nc2ccc(F)cc2)cc1. The van der Waals surface area contributed by atoms with Crippen molar-refractivity contribution in [3.05, 3.63) is 82.6 Å². The van der Waals surface area contributed by atoms with Gasteiger partial charge in [-0.15, -0.1) is 0 Å². The van der Waals surface area contributed by atoms with Crippen molar-refractivity contribution in [1.82, 2.24) is 0 Å². The summed E-state index contributed by atoms with van der Waals surface area (Å²) in [7, 11) is 0. The van der Waals surface area contributed by atoms with Crippen LogP contribution in [0.15, 0.2) is 71.2 Å². The molecule has 0 saturated heterocycles. The number of rotatable bonds is 5. The van der Waals surface area contributed by atoms with Crippen LogP contribution >= 0.6 is 0 Å². The number of Topliss-reactive ketones (excluding diaryl/α,β-unsaturated/α-hetero) is 2. The van der Waals surface area contributed by atoms with E-state index >= 15 is 0 Å². The predicted octanol–water partition coefficient (Wildman–Crippen LogP) is 6.24. The van der Waals surface area contributed by atoms with E-state index in [1.165, 1.54) is 24.3 Å². The van der Waals surface area contributed by atoms with Gasteiger partial charge in [0.2, 0.25) is 0 Å². The summed E-state index contributed by atoms with van der Waals surface area (Å²) in [4.78, 5) is 39.0. The summed E-state index contributed by atoms with van der Waals surface area (Å²) in [5.41, 5.74) is 2.05. The highest BCUT2D eigenvalue weighted by molar-refractivity contribution is 6.06. The molecule has 0 bridgehead atoms. The lowest BCUT2D eigenvalue weighted by molar-refractivity contribution is -0.120. The highest BCUT2D eigenvalue weighted by atomic mass is 19.1. The van der Waals surface area contributed by atoms with Crippen LogP contribution in [0, 0.1) is 16.6 Å². The van der Waals surface area contributed by atoms with Gasteiger partial charge < -0.3 is 14.8 Å². The Hall–Kier alpha value is -3.74. The molecule has 0 unspecified atom stereocenters. The zero-order valence-electron chi connectivity index (χ0n) is 22.2. The first kappa shape index (κ1) is 25.9. The number of halogens is 1. The first-order valence-electron chi connectivity index (χ1n) is 12.9. The molecule has 5 rings (SSSR count). The lowest BCUT2D eigenvalue weighted by Gasteiger charge is -2.42. The molecule has 0 radical (unpaired) electrons. The first-order valence-corrected chi connectivity index (χ1v) is 12.9. The second kappa shape index (κ2) is 9.53. The van der Waals surface area contributed by atoms with Crippen LogP contribution < -0.4 is 10.1 Å². The maximum absolute atomic E-state index is 13.4. The van der Waals surface area contributed by atoms with E-state index in [4.69, 9.17) is 9.47 Å². The maximum Gasteiger partial charge on any atom is 0.262 e. The number of anilines is 1. The number of allylic oxidation sites excluding steroid dienone is 4. The van der Waals surface area contributed by atoms with E-state index in [0.29, 0.717) is 59.8 Å². The van der Waals surface area contributed by atoms with Crippen LogP contribution in [0.1, 0.15) is 64.9 Å². The number of ether oxygens (including phenoxy) is 2. The molecular weight excluding hydrogens is 485 g/mol. The second-order valence-electron chi connectivity index (χ2n) is 12.0. The smallest absolute Gasteiger partial charge is 0.262 e. The van der Waals surface area contributed by atoms with E-state index in [-0.39, 0.29) is 40.7 Å². The van der Waals surface area contributed by atoms with E-state index in [1.807, 2.05) is 12.1 Å². The lowest BCUT2D eigenvalue weighted by Crippen LogP contribution is -2.37. The van der Waals surface area contributed by atoms with E-state index in [2.05, 4.69) is 33.0 Å². The van der Waals surface area contributed by atoms with Crippen molar-refractivity contribution in [3.8, 4) is 5.75 Å². The van der Waals surface area contributed by atoms with Gasteiger partial charge in [-0.1, -0.05) is 39.8 Å². The van der Waals surface area contributed by atoms with Crippen LogP contribution in [0.5, 0.6) is 5.75 Å². The van der Waals surface area contributed by atoms with Crippen LogP contribution in [0.4, 0.5) is 10.1 Å². The topological polar surface area (TPSA) is 81.7 Å². The van der Waals surface area contributed by atoms with Crippen LogP contribution in [0.25, 0.3) is 0 Å². The van der Waals surface area contributed by atoms with Crippen molar-refractivity contribution in [3.63, 3.8) is 0 Å². The summed E-state index contributed by atoms with van der Waals surface area (Å²) < 4.78 is 25.0.